The predicted molar refractivity (Wildman–Crippen MR) is 51.4 cm³/mol. The van der Waals surface area contributed by atoms with E-state index in [1.54, 1.807) is 6.08 Å². The van der Waals surface area contributed by atoms with Crippen LogP contribution in [0, 0.1) is 5.92 Å². The van der Waals surface area contributed by atoms with E-state index in [-0.39, 0.29) is 0 Å². The largest absolute Gasteiger partial charge is 0.122 e. The first-order valence-corrected chi connectivity index (χ1v) is 3.92. The number of hydrogen-bond donors (Lipinski definition) is 0. The smallest absolute Gasteiger partial charge is 0.00383 e. The Balaban J connectivity index is 4.49. The fourth-order valence-electron chi connectivity index (χ4n) is 0.746. The number of rotatable bonds is 3. The van der Waals surface area contributed by atoms with Crippen molar-refractivity contribution in [2.45, 2.75) is 20.8 Å². The first kappa shape index (κ1) is 10.0. The second-order valence-corrected chi connectivity index (χ2v) is 2.64. The maximum absolute atomic E-state index is 3.61. The van der Waals surface area contributed by atoms with Gasteiger partial charge in [0, 0.05) is 0 Å². The van der Waals surface area contributed by atoms with Gasteiger partial charge in [-0.3, -0.25) is 0 Å². The molecule has 0 heteroatoms. The summed E-state index contributed by atoms with van der Waals surface area (Å²) < 4.78 is 0. The Morgan fingerprint density at radius 1 is 1.45 bits per heavy atom. The summed E-state index contributed by atoms with van der Waals surface area (Å²) in [4.78, 5) is 0. The third-order valence-electron chi connectivity index (χ3n) is 1.34. The Morgan fingerprint density at radius 3 is 2.45 bits per heavy atom. The molecule has 0 aromatic carbocycles. The van der Waals surface area contributed by atoms with Crippen molar-refractivity contribution in [2.24, 2.45) is 5.92 Å². The molecule has 0 bridgehead atoms. The van der Waals surface area contributed by atoms with Crippen molar-refractivity contribution in [1.29, 1.82) is 0 Å². The summed E-state index contributed by atoms with van der Waals surface area (Å²) in [5.41, 5.74) is 4.39. The summed E-state index contributed by atoms with van der Waals surface area (Å²) in [6.07, 6.45) is 7.69. The van der Waals surface area contributed by atoms with Crippen molar-refractivity contribution in [3.8, 4) is 0 Å². The SMILES string of the molecule is C=CC=CC(=C=CC)C(C)C. The van der Waals surface area contributed by atoms with Crippen molar-refractivity contribution in [3.63, 3.8) is 0 Å². The van der Waals surface area contributed by atoms with Gasteiger partial charge in [-0.25, -0.2) is 0 Å². The summed E-state index contributed by atoms with van der Waals surface area (Å²) in [7, 11) is 0. The molecule has 0 aromatic heterocycles. The molecule has 0 aliphatic heterocycles. The monoisotopic (exact) mass is 148 g/mol. The van der Waals surface area contributed by atoms with Crippen LogP contribution >= 0.6 is 0 Å². The summed E-state index contributed by atoms with van der Waals surface area (Å²) >= 11 is 0. The predicted octanol–water partition coefficient (Wildman–Crippen LogP) is 3.49. The van der Waals surface area contributed by atoms with Crippen LogP contribution in [0.2, 0.25) is 0 Å². The van der Waals surface area contributed by atoms with Gasteiger partial charge in [-0.15, -0.1) is 5.73 Å². The average molecular weight is 148 g/mol. The molecule has 0 N–H and O–H groups in total. The second kappa shape index (κ2) is 5.76. The molecule has 0 spiro atoms. The summed E-state index contributed by atoms with van der Waals surface area (Å²) in [6.45, 7) is 9.89. The lowest BCUT2D eigenvalue weighted by Gasteiger charge is -2.00. The van der Waals surface area contributed by atoms with Crippen LogP contribution in [0.4, 0.5) is 0 Å². The van der Waals surface area contributed by atoms with Gasteiger partial charge in [-0.05, 0) is 24.5 Å². The minimum Gasteiger partial charge on any atom is -0.122 e. The van der Waals surface area contributed by atoms with E-state index in [0.29, 0.717) is 5.92 Å². The van der Waals surface area contributed by atoms with Crippen molar-refractivity contribution < 1.29 is 0 Å². The van der Waals surface area contributed by atoms with Crippen LogP contribution in [0.1, 0.15) is 20.8 Å². The molecule has 0 heterocycles. The van der Waals surface area contributed by atoms with Crippen molar-refractivity contribution in [2.75, 3.05) is 0 Å². The molecule has 0 aromatic rings. The van der Waals surface area contributed by atoms with E-state index in [9.17, 15) is 0 Å². The molecule has 0 aliphatic carbocycles. The molecule has 0 radical (unpaired) electrons. The van der Waals surface area contributed by atoms with E-state index in [2.05, 4.69) is 26.2 Å². The van der Waals surface area contributed by atoms with Gasteiger partial charge < -0.3 is 0 Å². The lowest BCUT2D eigenvalue weighted by atomic mass is 10.0. The zero-order valence-electron chi connectivity index (χ0n) is 7.59. The van der Waals surface area contributed by atoms with Gasteiger partial charge in [0.1, 0.15) is 0 Å². The Kier molecular flexibility index (Phi) is 5.24. The summed E-state index contributed by atoms with van der Waals surface area (Å²) in [5, 5.41) is 0. The Labute approximate surface area is 69.6 Å². The molecule has 0 fully saturated rings. The lowest BCUT2D eigenvalue weighted by Crippen LogP contribution is -1.87. The van der Waals surface area contributed by atoms with Gasteiger partial charge >= 0.3 is 0 Å². The van der Waals surface area contributed by atoms with Crippen LogP contribution in [0.15, 0.2) is 42.2 Å². The zero-order chi connectivity index (χ0) is 8.69. The zero-order valence-corrected chi connectivity index (χ0v) is 7.59. The number of hydrogen-bond acceptors (Lipinski definition) is 0. The fourth-order valence-corrected chi connectivity index (χ4v) is 0.746. The molecule has 0 unspecified atom stereocenters. The van der Waals surface area contributed by atoms with Gasteiger partial charge in [0.05, 0.1) is 0 Å². The first-order valence-electron chi connectivity index (χ1n) is 3.92. The van der Waals surface area contributed by atoms with E-state index < -0.39 is 0 Å². The van der Waals surface area contributed by atoms with Crippen LogP contribution < -0.4 is 0 Å². The van der Waals surface area contributed by atoms with Crippen LogP contribution in [0.5, 0.6) is 0 Å². The van der Waals surface area contributed by atoms with E-state index in [1.807, 2.05) is 25.2 Å². The molecule has 0 aliphatic rings. The molecular weight excluding hydrogens is 132 g/mol. The first-order chi connectivity index (χ1) is 5.22. The molecular formula is C11H16. The molecule has 0 amide bonds. The highest BCUT2D eigenvalue weighted by Crippen LogP contribution is 2.08. The number of allylic oxidation sites excluding steroid dienone is 4. The molecule has 0 saturated carbocycles. The van der Waals surface area contributed by atoms with E-state index >= 15 is 0 Å². The van der Waals surface area contributed by atoms with Crippen LogP contribution in [-0.2, 0) is 0 Å². The molecule has 11 heavy (non-hydrogen) atoms. The van der Waals surface area contributed by atoms with Gasteiger partial charge in [0.25, 0.3) is 0 Å². The van der Waals surface area contributed by atoms with Gasteiger partial charge in [-0.1, -0.05) is 38.7 Å². The third kappa shape index (κ3) is 4.41. The van der Waals surface area contributed by atoms with Crippen LogP contribution in [0.3, 0.4) is 0 Å². The van der Waals surface area contributed by atoms with Crippen LogP contribution in [0.25, 0.3) is 0 Å². The quantitative estimate of drug-likeness (QED) is 0.424. The van der Waals surface area contributed by atoms with Gasteiger partial charge in [0.15, 0.2) is 0 Å². The maximum Gasteiger partial charge on any atom is -0.00383 e. The molecule has 60 valence electrons. The highest BCUT2D eigenvalue weighted by atomic mass is 14.0. The van der Waals surface area contributed by atoms with Crippen LogP contribution in [-0.4, -0.2) is 0 Å². The van der Waals surface area contributed by atoms with E-state index in [1.165, 1.54) is 5.57 Å². The fraction of sp³-hybridized carbons (Fsp3) is 0.364. The minimum atomic E-state index is 0.530. The Bertz CT molecular complexity index is 198. The highest BCUT2D eigenvalue weighted by Gasteiger charge is 1.95. The highest BCUT2D eigenvalue weighted by molar-refractivity contribution is 5.22. The van der Waals surface area contributed by atoms with E-state index in [4.69, 9.17) is 0 Å². The van der Waals surface area contributed by atoms with E-state index in [0.717, 1.165) is 0 Å². The third-order valence-corrected chi connectivity index (χ3v) is 1.34. The molecule has 0 nitrogen and oxygen atoms in total. The van der Waals surface area contributed by atoms with Crippen molar-refractivity contribution in [1.82, 2.24) is 0 Å². The average Bonchev–Trinajstić information content (AvgIpc) is 1.97. The van der Waals surface area contributed by atoms with Gasteiger partial charge in [0.2, 0.25) is 0 Å². The summed E-state index contributed by atoms with van der Waals surface area (Å²) in [5.74, 6) is 0.530. The lowest BCUT2D eigenvalue weighted by molar-refractivity contribution is 0.793. The second-order valence-electron chi connectivity index (χ2n) is 2.64. The van der Waals surface area contributed by atoms with Gasteiger partial charge in [-0.2, -0.15) is 0 Å². The Hall–Kier alpha value is -1.00. The van der Waals surface area contributed by atoms with Crippen molar-refractivity contribution in [3.05, 3.63) is 42.2 Å². The normalized spacial score (nSPS) is 9.82. The standard InChI is InChI=1S/C11H16/c1-5-7-9-11(8-6-2)10(3)4/h5-7,9-10H,1H2,2-4H3. The summed E-state index contributed by atoms with van der Waals surface area (Å²) in [6, 6.07) is 0. The Morgan fingerprint density at radius 2 is 2.09 bits per heavy atom. The molecule has 0 rings (SSSR count). The minimum absolute atomic E-state index is 0.530. The topological polar surface area (TPSA) is 0 Å². The molecule has 0 atom stereocenters. The molecule has 0 saturated heterocycles. The maximum atomic E-state index is 3.61. The van der Waals surface area contributed by atoms with Crippen molar-refractivity contribution >= 4 is 0 Å².